The molecule has 22 heavy (non-hydrogen) atoms. The molecule has 0 atom stereocenters. The molecule has 1 N–H and O–H groups in total. The van der Waals surface area contributed by atoms with E-state index in [9.17, 15) is 4.79 Å². The van der Waals surface area contributed by atoms with Crippen molar-refractivity contribution in [2.45, 2.75) is 20.3 Å². The molecular weight excluding hydrogens is 280 g/mol. The molecule has 0 aliphatic rings. The summed E-state index contributed by atoms with van der Waals surface area (Å²) < 4.78 is 10.9. The molecule has 5 heteroatoms. The number of hydrogen-bond donors (Lipinski definition) is 1. The Morgan fingerprint density at radius 2 is 2.14 bits per heavy atom. The highest BCUT2D eigenvalue weighted by molar-refractivity contribution is 6.00. The van der Waals surface area contributed by atoms with E-state index in [2.05, 4.69) is 10.5 Å². The third-order valence-electron chi connectivity index (χ3n) is 3.50. The lowest BCUT2D eigenvalue weighted by Gasteiger charge is -1.97. The molecule has 0 aliphatic carbocycles. The van der Waals surface area contributed by atoms with Crippen molar-refractivity contribution in [2.75, 3.05) is 0 Å². The SMILES string of the molecule is CCc1oc2ccccc2c1/C=N\NC(=O)c1ccoc1C. The van der Waals surface area contributed by atoms with Crippen molar-refractivity contribution >= 4 is 23.1 Å². The maximum absolute atomic E-state index is 12.0. The van der Waals surface area contributed by atoms with E-state index < -0.39 is 0 Å². The molecule has 112 valence electrons. The van der Waals surface area contributed by atoms with Crippen LogP contribution in [-0.2, 0) is 6.42 Å². The van der Waals surface area contributed by atoms with Crippen LogP contribution in [0.1, 0.15) is 34.4 Å². The van der Waals surface area contributed by atoms with Crippen LogP contribution in [-0.4, -0.2) is 12.1 Å². The van der Waals surface area contributed by atoms with Crippen LogP contribution in [0.25, 0.3) is 11.0 Å². The molecule has 2 aromatic heterocycles. The van der Waals surface area contributed by atoms with E-state index in [0.717, 1.165) is 28.7 Å². The fraction of sp³-hybridized carbons (Fsp3) is 0.176. The van der Waals surface area contributed by atoms with Gasteiger partial charge in [-0.25, -0.2) is 5.43 Å². The molecule has 0 fully saturated rings. The van der Waals surface area contributed by atoms with Crippen molar-refractivity contribution in [3.05, 3.63) is 59.2 Å². The van der Waals surface area contributed by atoms with Crippen molar-refractivity contribution < 1.29 is 13.6 Å². The molecule has 0 saturated heterocycles. The number of benzene rings is 1. The predicted molar refractivity (Wildman–Crippen MR) is 84.1 cm³/mol. The van der Waals surface area contributed by atoms with Crippen LogP contribution in [0.3, 0.4) is 0 Å². The van der Waals surface area contributed by atoms with Gasteiger partial charge >= 0.3 is 0 Å². The minimum atomic E-state index is -0.298. The minimum Gasteiger partial charge on any atom is -0.469 e. The van der Waals surface area contributed by atoms with Gasteiger partial charge in [0, 0.05) is 17.4 Å². The fourth-order valence-corrected chi connectivity index (χ4v) is 2.36. The summed E-state index contributed by atoms with van der Waals surface area (Å²) in [6.45, 7) is 3.75. The first-order chi connectivity index (χ1) is 10.7. The van der Waals surface area contributed by atoms with Gasteiger partial charge in [-0.15, -0.1) is 0 Å². The van der Waals surface area contributed by atoms with Gasteiger partial charge in [-0.3, -0.25) is 4.79 Å². The van der Waals surface area contributed by atoms with Crippen LogP contribution < -0.4 is 5.43 Å². The Labute approximate surface area is 127 Å². The first kappa shape index (κ1) is 14.1. The molecule has 0 aliphatic heterocycles. The number of rotatable bonds is 4. The van der Waals surface area contributed by atoms with Gasteiger partial charge in [-0.1, -0.05) is 25.1 Å². The van der Waals surface area contributed by atoms with E-state index in [1.807, 2.05) is 31.2 Å². The highest BCUT2D eigenvalue weighted by atomic mass is 16.3. The lowest BCUT2D eigenvalue weighted by atomic mass is 10.1. The standard InChI is InChI=1S/C17H16N2O3/c1-3-15-14(13-6-4-5-7-16(13)22-15)10-18-19-17(20)12-8-9-21-11(12)2/h4-10H,3H2,1-2H3,(H,19,20)/b18-10-. The third-order valence-corrected chi connectivity index (χ3v) is 3.50. The largest absolute Gasteiger partial charge is 0.469 e. The zero-order chi connectivity index (χ0) is 15.5. The van der Waals surface area contributed by atoms with E-state index in [1.54, 1.807) is 19.2 Å². The van der Waals surface area contributed by atoms with Crippen LogP contribution in [0.15, 0.2) is 50.5 Å². The number of carbonyl (C=O) groups excluding carboxylic acids is 1. The number of aryl methyl sites for hydroxylation is 2. The van der Waals surface area contributed by atoms with Gasteiger partial charge in [0.2, 0.25) is 0 Å². The van der Waals surface area contributed by atoms with Gasteiger partial charge in [-0.05, 0) is 19.1 Å². The first-order valence-electron chi connectivity index (χ1n) is 7.08. The van der Waals surface area contributed by atoms with E-state index in [0.29, 0.717) is 11.3 Å². The Hall–Kier alpha value is -2.82. The molecule has 3 rings (SSSR count). The lowest BCUT2D eigenvalue weighted by molar-refractivity contribution is 0.0953. The molecule has 0 spiro atoms. The second-order valence-corrected chi connectivity index (χ2v) is 4.88. The summed E-state index contributed by atoms with van der Waals surface area (Å²) in [4.78, 5) is 12.0. The van der Waals surface area contributed by atoms with Gasteiger partial charge in [0.15, 0.2) is 0 Å². The fourth-order valence-electron chi connectivity index (χ4n) is 2.36. The molecule has 0 saturated carbocycles. The van der Waals surface area contributed by atoms with Crippen molar-refractivity contribution in [1.82, 2.24) is 5.43 Å². The summed E-state index contributed by atoms with van der Waals surface area (Å²) in [5, 5.41) is 5.03. The molecule has 1 aromatic carbocycles. The van der Waals surface area contributed by atoms with Gasteiger partial charge in [-0.2, -0.15) is 5.10 Å². The second kappa shape index (κ2) is 5.89. The van der Waals surface area contributed by atoms with Gasteiger partial charge in [0.1, 0.15) is 17.1 Å². The number of para-hydroxylation sites is 1. The van der Waals surface area contributed by atoms with E-state index in [1.165, 1.54) is 6.26 Å². The highest BCUT2D eigenvalue weighted by Crippen LogP contribution is 2.24. The summed E-state index contributed by atoms with van der Waals surface area (Å²) in [6, 6.07) is 9.38. The van der Waals surface area contributed by atoms with Crippen LogP contribution in [0.5, 0.6) is 0 Å². The number of carbonyl (C=O) groups is 1. The molecule has 2 heterocycles. The Balaban J connectivity index is 1.84. The topological polar surface area (TPSA) is 67.7 Å². The van der Waals surface area contributed by atoms with Gasteiger partial charge in [0.05, 0.1) is 18.0 Å². The van der Waals surface area contributed by atoms with Gasteiger partial charge < -0.3 is 8.83 Å². The zero-order valence-electron chi connectivity index (χ0n) is 12.4. The second-order valence-electron chi connectivity index (χ2n) is 4.88. The summed E-state index contributed by atoms with van der Waals surface area (Å²) in [5.74, 6) is 1.11. The minimum absolute atomic E-state index is 0.298. The van der Waals surface area contributed by atoms with Crippen molar-refractivity contribution in [3.8, 4) is 0 Å². The van der Waals surface area contributed by atoms with E-state index in [4.69, 9.17) is 8.83 Å². The van der Waals surface area contributed by atoms with Crippen LogP contribution in [0.4, 0.5) is 0 Å². The number of furan rings is 2. The Morgan fingerprint density at radius 1 is 1.32 bits per heavy atom. The Morgan fingerprint density at radius 3 is 2.86 bits per heavy atom. The van der Waals surface area contributed by atoms with Crippen molar-refractivity contribution in [1.29, 1.82) is 0 Å². The monoisotopic (exact) mass is 296 g/mol. The zero-order valence-corrected chi connectivity index (χ0v) is 12.4. The Kier molecular flexibility index (Phi) is 3.78. The normalized spacial score (nSPS) is 11.4. The maximum Gasteiger partial charge on any atom is 0.274 e. The molecular formula is C17H16N2O3. The van der Waals surface area contributed by atoms with Crippen LogP contribution in [0.2, 0.25) is 0 Å². The lowest BCUT2D eigenvalue weighted by Crippen LogP contribution is -2.17. The average Bonchev–Trinajstić information content (AvgIpc) is 3.11. The van der Waals surface area contributed by atoms with Gasteiger partial charge in [0.25, 0.3) is 5.91 Å². The number of nitrogens with zero attached hydrogens (tertiary/aromatic N) is 1. The number of fused-ring (bicyclic) bond motifs is 1. The summed E-state index contributed by atoms with van der Waals surface area (Å²) >= 11 is 0. The summed E-state index contributed by atoms with van der Waals surface area (Å²) in [7, 11) is 0. The summed E-state index contributed by atoms with van der Waals surface area (Å²) in [5.41, 5.74) is 4.69. The van der Waals surface area contributed by atoms with E-state index in [-0.39, 0.29) is 5.91 Å². The molecule has 0 radical (unpaired) electrons. The summed E-state index contributed by atoms with van der Waals surface area (Å²) in [6.07, 6.45) is 3.86. The molecule has 5 nitrogen and oxygen atoms in total. The molecule has 0 unspecified atom stereocenters. The highest BCUT2D eigenvalue weighted by Gasteiger charge is 2.12. The number of nitrogens with one attached hydrogen (secondary N) is 1. The van der Waals surface area contributed by atoms with Crippen LogP contribution >= 0.6 is 0 Å². The number of hydrogen-bond acceptors (Lipinski definition) is 4. The maximum atomic E-state index is 12.0. The van der Waals surface area contributed by atoms with Crippen LogP contribution in [0, 0.1) is 6.92 Å². The average molecular weight is 296 g/mol. The number of amides is 1. The smallest absolute Gasteiger partial charge is 0.274 e. The molecule has 0 bridgehead atoms. The first-order valence-corrected chi connectivity index (χ1v) is 7.08. The predicted octanol–water partition coefficient (Wildman–Crippen LogP) is 3.66. The number of hydrazone groups is 1. The third kappa shape index (κ3) is 2.53. The van der Waals surface area contributed by atoms with E-state index >= 15 is 0 Å². The quantitative estimate of drug-likeness (QED) is 0.590. The molecule has 3 aromatic rings. The molecule has 1 amide bonds. The van der Waals surface area contributed by atoms with Crippen molar-refractivity contribution in [3.63, 3.8) is 0 Å². The van der Waals surface area contributed by atoms with Crippen molar-refractivity contribution in [2.24, 2.45) is 5.10 Å². The Bertz CT molecular complexity index is 843.